The molecule has 0 spiro atoms. The molecule has 2 aromatic heterocycles. The van der Waals surface area contributed by atoms with Crippen LogP contribution in [0, 0.1) is 5.92 Å². The Morgan fingerprint density at radius 3 is 2.95 bits per heavy atom. The Morgan fingerprint density at radius 1 is 1.32 bits per heavy atom. The summed E-state index contributed by atoms with van der Waals surface area (Å²) in [6, 6.07) is 1.87. The summed E-state index contributed by atoms with van der Waals surface area (Å²) in [5, 5.41) is 7.68. The molecule has 0 N–H and O–H groups in total. The van der Waals surface area contributed by atoms with Gasteiger partial charge in [0.1, 0.15) is 18.9 Å². The fourth-order valence-corrected chi connectivity index (χ4v) is 3.65. The predicted octanol–water partition coefficient (Wildman–Crippen LogP) is 1.19. The molecule has 1 aliphatic carbocycles. The molecule has 7 heteroatoms. The monoisotopic (exact) mass is 302 g/mol. The summed E-state index contributed by atoms with van der Waals surface area (Å²) in [5.74, 6) is 0.429. The van der Waals surface area contributed by atoms with E-state index in [9.17, 15) is 4.79 Å². The van der Waals surface area contributed by atoms with E-state index >= 15 is 0 Å². The number of nitrogens with zero attached hydrogens (tertiary/aromatic N) is 4. The van der Waals surface area contributed by atoms with Crippen molar-refractivity contribution in [3.63, 3.8) is 0 Å². The summed E-state index contributed by atoms with van der Waals surface area (Å²) in [4.78, 5) is 14.6. The Balaban J connectivity index is 1.50. The van der Waals surface area contributed by atoms with Crippen molar-refractivity contribution < 1.29 is 13.9 Å². The summed E-state index contributed by atoms with van der Waals surface area (Å²) in [6.07, 6.45) is 8.61. The summed E-state index contributed by atoms with van der Waals surface area (Å²) >= 11 is 0. The molecule has 0 bridgehead atoms. The van der Waals surface area contributed by atoms with E-state index in [0.29, 0.717) is 24.6 Å². The third-order valence-corrected chi connectivity index (χ3v) is 4.66. The molecule has 0 unspecified atom stereocenters. The minimum absolute atomic E-state index is 0.0389. The van der Waals surface area contributed by atoms with E-state index in [2.05, 4.69) is 10.2 Å². The first-order valence-electron chi connectivity index (χ1n) is 7.60. The van der Waals surface area contributed by atoms with Gasteiger partial charge >= 0.3 is 0 Å². The lowest BCUT2D eigenvalue weighted by atomic mass is 10.0. The maximum absolute atomic E-state index is 12.6. The first-order valence-corrected chi connectivity index (χ1v) is 7.60. The summed E-state index contributed by atoms with van der Waals surface area (Å²) in [6.45, 7) is 2.07. The molecule has 7 nitrogen and oxygen atoms in total. The molecular weight excluding hydrogens is 284 g/mol. The molecule has 1 saturated heterocycles. The number of ether oxygens (including phenoxy) is 1. The van der Waals surface area contributed by atoms with E-state index in [1.807, 2.05) is 9.47 Å². The van der Waals surface area contributed by atoms with Gasteiger partial charge in [-0.25, -0.2) is 0 Å². The second-order valence-corrected chi connectivity index (χ2v) is 5.91. The molecule has 2 fully saturated rings. The molecule has 4 rings (SSSR count). The molecule has 2 aliphatic rings. The van der Waals surface area contributed by atoms with Crippen molar-refractivity contribution in [2.45, 2.75) is 31.5 Å². The van der Waals surface area contributed by atoms with Crippen molar-refractivity contribution >= 4 is 5.91 Å². The quantitative estimate of drug-likeness (QED) is 0.851. The van der Waals surface area contributed by atoms with Gasteiger partial charge in [0.2, 0.25) is 0 Å². The van der Waals surface area contributed by atoms with Crippen molar-refractivity contribution in [1.29, 1.82) is 0 Å². The molecule has 2 aromatic rings. The molecule has 116 valence electrons. The Kier molecular flexibility index (Phi) is 3.42. The Morgan fingerprint density at radius 2 is 2.18 bits per heavy atom. The highest BCUT2D eigenvalue weighted by Crippen LogP contribution is 2.36. The second-order valence-electron chi connectivity index (χ2n) is 5.91. The molecule has 22 heavy (non-hydrogen) atoms. The van der Waals surface area contributed by atoms with Crippen LogP contribution in [-0.4, -0.2) is 50.9 Å². The van der Waals surface area contributed by atoms with Gasteiger partial charge < -0.3 is 18.6 Å². The minimum atomic E-state index is 0.0389. The van der Waals surface area contributed by atoms with Crippen LogP contribution in [0.25, 0.3) is 0 Å². The zero-order chi connectivity index (χ0) is 14.9. The maximum atomic E-state index is 12.6. The number of morpholine rings is 1. The number of rotatable bonds is 3. The molecule has 1 aliphatic heterocycles. The largest absolute Gasteiger partial charge is 0.472 e. The van der Waals surface area contributed by atoms with Crippen LogP contribution in [0.4, 0.5) is 0 Å². The SMILES string of the molecule is O=C(c1ccoc1)N1CCO[C@@H]2[C@H](Cn3cnnc3)CC[C@@H]21. The van der Waals surface area contributed by atoms with E-state index in [1.54, 1.807) is 18.7 Å². The average Bonchev–Trinajstić information content (AvgIpc) is 3.29. The van der Waals surface area contributed by atoms with Crippen LogP contribution < -0.4 is 0 Å². The number of furan rings is 1. The van der Waals surface area contributed by atoms with Gasteiger partial charge in [-0.05, 0) is 18.9 Å². The highest BCUT2D eigenvalue weighted by Gasteiger charge is 2.44. The number of hydrogen-bond acceptors (Lipinski definition) is 5. The molecule has 3 atom stereocenters. The predicted molar refractivity (Wildman–Crippen MR) is 76.0 cm³/mol. The lowest BCUT2D eigenvalue weighted by Gasteiger charge is -2.39. The van der Waals surface area contributed by atoms with Crippen LogP contribution in [-0.2, 0) is 11.3 Å². The van der Waals surface area contributed by atoms with Crippen molar-refractivity contribution in [3.8, 4) is 0 Å². The van der Waals surface area contributed by atoms with Gasteiger partial charge in [0, 0.05) is 19.0 Å². The molecule has 1 amide bonds. The van der Waals surface area contributed by atoms with Gasteiger partial charge in [-0.1, -0.05) is 0 Å². The summed E-state index contributed by atoms with van der Waals surface area (Å²) in [5.41, 5.74) is 0.614. The number of carbonyl (C=O) groups is 1. The first kappa shape index (κ1) is 13.5. The minimum Gasteiger partial charge on any atom is -0.472 e. The molecule has 0 radical (unpaired) electrons. The lowest BCUT2D eigenvalue weighted by molar-refractivity contribution is -0.0645. The van der Waals surface area contributed by atoms with E-state index in [-0.39, 0.29) is 18.1 Å². The Hall–Kier alpha value is -2.15. The van der Waals surface area contributed by atoms with Gasteiger partial charge in [0.25, 0.3) is 5.91 Å². The standard InChI is InChI=1S/C15H18N4O3/c20-15(12-3-5-21-8-12)19-4-6-22-14-11(1-2-13(14)19)7-18-9-16-17-10-18/h3,5,8-11,13-14H,1-2,4,6-7H2/t11-,13-,14+/m0/s1. The lowest BCUT2D eigenvalue weighted by Crippen LogP contribution is -2.52. The summed E-state index contributed by atoms with van der Waals surface area (Å²) in [7, 11) is 0. The number of amides is 1. The van der Waals surface area contributed by atoms with E-state index in [1.165, 1.54) is 12.5 Å². The van der Waals surface area contributed by atoms with Crippen LogP contribution in [0.2, 0.25) is 0 Å². The number of aromatic nitrogens is 3. The molecule has 1 saturated carbocycles. The number of carbonyl (C=O) groups excluding carboxylic acids is 1. The van der Waals surface area contributed by atoms with Gasteiger partial charge in [0.05, 0.1) is 30.6 Å². The zero-order valence-electron chi connectivity index (χ0n) is 12.2. The molecular formula is C15H18N4O3. The molecule has 3 heterocycles. The topological polar surface area (TPSA) is 73.4 Å². The van der Waals surface area contributed by atoms with Crippen molar-refractivity contribution in [1.82, 2.24) is 19.7 Å². The highest BCUT2D eigenvalue weighted by atomic mass is 16.5. The molecule has 0 aromatic carbocycles. The van der Waals surface area contributed by atoms with E-state index < -0.39 is 0 Å². The highest BCUT2D eigenvalue weighted by molar-refractivity contribution is 5.94. The summed E-state index contributed by atoms with van der Waals surface area (Å²) < 4.78 is 13.0. The fraction of sp³-hybridized carbons (Fsp3) is 0.533. The van der Waals surface area contributed by atoms with Crippen LogP contribution >= 0.6 is 0 Å². The van der Waals surface area contributed by atoms with Gasteiger partial charge in [0.15, 0.2) is 0 Å². The van der Waals surface area contributed by atoms with Crippen LogP contribution in [0.5, 0.6) is 0 Å². The first-order chi connectivity index (χ1) is 10.8. The van der Waals surface area contributed by atoms with Gasteiger partial charge in [-0.3, -0.25) is 4.79 Å². The van der Waals surface area contributed by atoms with Crippen molar-refractivity contribution in [3.05, 3.63) is 36.8 Å². The second kappa shape index (κ2) is 5.57. The fourth-order valence-electron chi connectivity index (χ4n) is 3.65. The van der Waals surface area contributed by atoms with Gasteiger partial charge in [-0.15, -0.1) is 10.2 Å². The normalized spacial score (nSPS) is 27.8. The Bertz CT molecular complexity index is 625. The van der Waals surface area contributed by atoms with Crippen molar-refractivity contribution in [2.75, 3.05) is 13.2 Å². The van der Waals surface area contributed by atoms with Crippen LogP contribution in [0.3, 0.4) is 0 Å². The average molecular weight is 302 g/mol. The maximum Gasteiger partial charge on any atom is 0.257 e. The third-order valence-electron chi connectivity index (χ3n) is 4.66. The van der Waals surface area contributed by atoms with Gasteiger partial charge in [-0.2, -0.15) is 0 Å². The van der Waals surface area contributed by atoms with E-state index in [4.69, 9.17) is 9.15 Å². The van der Waals surface area contributed by atoms with Crippen LogP contribution in [0.1, 0.15) is 23.2 Å². The zero-order valence-corrected chi connectivity index (χ0v) is 12.2. The van der Waals surface area contributed by atoms with Crippen molar-refractivity contribution in [2.24, 2.45) is 5.92 Å². The van der Waals surface area contributed by atoms with E-state index in [0.717, 1.165) is 19.4 Å². The number of hydrogen-bond donors (Lipinski definition) is 0. The smallest absolute Gasteiger partial charge is 0.257 e. The third kappa shape index (κ3) is 2.31. The van der Waals surface area contributed by atoms with Crippen LogP contribution in [0.15, 0.2) is 35.7 Å². The number of fused-ring (bicyclic) bond motifs is 1. The Labute approximate surface area is 127 Å².